The Labute approximate surface area is 117 Å². The van der Waals surface area contributed by atoms with Crippen molar-refractivity contribution in [3.63, 3.8) is 0 Å². The Morgan fingerprint density at radius 3 is 2.47 bits per heavy atom. The molecule has 0 aliphatic carbocycles. The van der Waals surface area contributed by atoms with Crippen LogP contribution >= 0.6 is 11.6 Å². The minimum Gasteiger partial charge on any atom is -0.497 e. The van der Waals surface area contributed by atoms with Crippen molar-refractivity contribution < 1.29 is 9.47 Å². The average molecular weight is 278 g/mol. The molecule has 2 aromatic rings. The topological polar surface area (TPSA) is 44.5 Å². The van der Waals surface area contributed by atoms with E-state index in [0.717, 1.165) is 17.1 Å². The van der Waals surface area contributed by atoms with E-state index in [1.54, 1.807) is 19.2 Å². The second kappa shape index (κ2) is 6.45. The molecule has 0 saturated heterocycles. The summed E-state index contributed by atoms with van der Waals surface area (Å²) in [6.45, 7) is 0.385. The van der Waals surface area contributed by atoms with Crippen LogP contribution in [-0.2, 0) is 0 Å². The van der Waals surface area contributed by atoms with Crippen LogP contribution in [0.5, 0.6) is 11.5 Å². The van der Waals surface area contributed by atoms with Gasteiger partial charge in [0.1, 0.15) is 17.6 Å². The summed E-state index contributed by atoms with van der Waals surface area (Å²) < 4.78 is 11.1. The van der Waals surface area contributed by atoms with Crippen molar-refractivity contribution in [2.75, 3.05) is 13.7 Å². The smallest absolute Gasteiger partial charge is 0.136 e. The van der Waals surface area contributed by atoms with Gasteiger partial charge < -0.3 is 15.2 Å². The third kappa shape index (κ3) is 3.63. The lowest BCUT2D eigenvalue weighted by Gasteiger charge is -2.18. The summed E-state index contributed by atoms with van der Waals surface area (Å²) in [7, 11) is 1.64. The fourth-order valence-corrected chi connectivity index (χ4v) is 1.90. The summed E-state index contributed by atoms with van der Waals surface area (Å²) in [5, 5.41) is 0.679. The van der Waals surface area contributed by atoms with Gasteiger partial charge >= 0.3 is 0 Å². The Balaban J connectivity index is 2.17. The number of hydrogen-bond acceptors (Lipinski definition) is 3. The van der Waals surface area contributed by atoms with Crippen molar-refractivity contribution in [2.24, 2.45) is 5.73 Å². The number of hydrogen-bond donors (Lipinski definition) is 1. The van der Waals surface area contributed by atoms with Gasteiger partial charge in [-0.25, -0.2) is 0 Å². The zero-order chi connectivity index (χ0) is 13.7. The summed E-state index contributed by atoms with van der Waals surface area (Å²) >= 11 is 5.84. The molecule has 0 aliphatic rings. The molecule has 0 heterocycles. The van der Waals surface area contributed by atoms with E-state index in [-0.39, 0.29) is 6.10 Å². The van der Waals surface area contributed by atoms with Crippen LogP contribution in [-0.4, -0.2) is 13.7 Å². The van der Waals surface area contributed by atoms with Crippen LogP contribution in [0.1, 0.15) is 11.7 Å². The van der Waals surface area contributed by atoms with Crippen LogP contribution in [0.15, 0.2) is 48.5 Å². The van der Waals surface area contributed by atoms with Gasteiger partial charge in [-0.2, -0.15) is 0 Å². The summed E-state index contributed by atoms with van der Waals surface area (Å²) in [6, 6.07) is 14.9. The molecule has 1 atom stereocenters. The molecular weight excluding hydrogens is 262 g/mol. The standard InChI is InChI=1S/C15H16ClNO2/c1-18-14-4-2-3-11(9-14)15(10-17)19-13-7-5-12(16)6-8-13/h2-9,15H,10,17H2,1H3. The Morgan fingerprint density at radius 1 is 1.11 bits per heavy atom. The molecule has 0 radical (unpaired) electrons. The highest BCUT2D eigenvalue weighted by molar-refractivity contribution is 6.30. The van der Waals surface area contributed by atoms with Gasteiger partial charge in [-0.05, 0) is 42.0 Å². The van der Waals surface area contributed by atoms with E-state index in [9.17, 15) is 0 Å². The monoisotopic (exact) mass is 277 g/mol. The quantitative estimate of drug-likeness (QED) is 0.911. The largest absolute Gasteiger partial charge is 0.497 e. The minimum atomic E-state index is -0.212. The molecule has 0 saturated carbocycles. The van der Waals surface area contributed by atoms with Crippen LogP contribution in [0.25, 0.3) is 0 Å². The molecule has 0 fully saturated rings. The van der Waals surface area contributed by atoms with E-state index in [1.807, 2.05) is 36.4 Å². The number of benzene rings is 2. The lowest BCUT2D eigenvalue weighted by Crippen LogP contribution is -2.18. The van der Waals surface area contributed by atoms with Gasteiger partial charge in [-0.15, -0.1) is 0 Å². The molecule has 100 valence electrons. The third-order valence-electron chi connectivity index (χ3n) is 2.77. The molecule has 2 N–H and O–H groups in total. The number of halogens is 1. The number of rotatable bonds is 5. The maximum atomic E-state index is 5.86. The van der Waals surface area contributed by atoms with Crippen molar-refractivity contribution in [2.45, 2.75) is 6.10 Å². The molecule has 3 nitrogen and oxygen atoms in total. The highest BCUT2D eigenvalue weighted by Crippen LogP contribution is 2.25. The van der Waals surface area contributed by atoms with Crippen LogP contribution in [0.3, 0.4) is 0 Å². The first-order valence-corrected chi connectivity index (χ1v) is 6.37. The molecule has 0 aliphatic heterocycles. The highest BCUT2D eigenvalue weighted by atomic mass is 35.5. The molecule has 0 bridgehead atoms. The fourth-order valence-electron chi connectivity index (χ4n) is 1.77. The minimum absolute atomic E-state index is 0.212. The molecule has 0 spiro atoms. The first kappa shape index (κ1) is 13.7. The summed E-state index contributed by atoms with van der Waals surface area (Å²) in [6.07, 6.45) is -0.212. The Bertz CT molecular complexity index is 528. The maximum Gasteiger partial charge on any atom is 0.136 e. The highest BCUT2D eigenvalue weighted by Gasteiger charge is 2.12. The molecule has 19 heavy (non-hydrogen) atoms. The summed E-state index contributed by atoms with van der Waals surface area (Å²) in [4.78, 5) is 0. The third-order valence-corrected chi connectivity index (χ3v) is 3.02. The van der Waals surface area contributed by atoms with Gasteiger partial charge in [0.15, 0.2) is 0 Å². The van der Waals surface area contributed by atoms with E-state index < -0.39 is 0 Å². The Kier molecular flexibility index (Phi) is 4.66. The van der Waals surface area contributed by atoms with Crippen molar-refractivity contribution in [3.05, 3.63) is 59.1 Å². The second-order valence-corrected chi connectivity index (χ2v) is 4.51. The predicted octanol–water partition coefficient (Wildman–Crippen LogP) is 3.43. The zero-order valence-corrected chi connectivity index (χ0v) is 11.4. The molecule has 0 amide bonds. The second-order valence-electron chi connectivity index (χ2n) is 4.07. The van der Waals surface area contributed by atoms with E-state index in [1.165, 1.54) is 0 Å². The maximum absolute atomic E-state index is 5.86. The number of nitrogens with two attached hydrogens (primary N) is 1. The van der Waals surface area contributed by atoms with Gasteiger partial charge in [0.05, 0.1) is 7.11 Å². The Hall–Kier alpha value is -1.71. The van der Waals surface area contributed by atoms with Crippen molar-refractivity contribution in [1.29, 1.82) is 0 Å². The van der Waals surface area contributed by atoms with E-state index >= 15 is 0 Å². The molecule has 2 rings (SSSR count). The van der Waals surface area contributed by atoms with Crippen LogP contribution < -0.4 is 15.2 Å². The normalized spacial score (nSPS) is 11.9. The zero-order valence-electron chi connectivity index (χ0n) is 10.7. The fraction of sp³-hybridized carbons (Fsp3) is 0.200. The van der Waals surface area contributed by atoms with Gasteiger partial charge in [0.2, 0.25) is 0 Å². The van der Waals surface area contributed by atoms with Gasteiger partial charge in [0.25, 0.3) is 0 Å². The molecular formula is C15H16ClNO2. The summed E-state index contributed by atoms with van der Waals surface area (Å²) in [5.41, 5.74) is 6.77. The lowest BCUT2D eigenvalue weighted by molar-refractivity contribution is 0.214. The first-order chi connectivity index (χ1) is 9.22. The van der Waals surface area contributed by atoms with Crippen molar-refractivity contribution >= 4 is 11.6 Å². The molecule has 1 unspecified atom stereocenters. The van der Waals surface area contributed by atoms with Crippen LogP contribution in [0, 0.1) is 0 Å². The molecule has 2 aromatic carbocycles. The predicted molar refractivity (Wildman–Crippen MR) is 76.9 cm³/mol. The SMILES string of the molecule is COc1cccc(C(CN)Oc2ccc(Cl)cc2)c1. The summed E-state index contributed by atoms with van der Waals surface area (Å²) in [5.74, 6) is 1.53. The van der Waals surface area contributed by atoms with Crippen molar-refractivity contribution in [3.8, 4) is 11.5 Å². The van der Waals surface area contributed by atoms with E-state index in [0.29, 0.717) is 11.6 Å². The van der Waals surface area contributed by atoms with E-state index in [4.69, 9.17) is 26.8 Å². The van der Waals surface area contributed by atoms with Crippen LogP contribution in [0.4, 0.5) is 0 Å². The molecule has 0 aromatic heterocycles. The van der Waals surface area contributed by atoms with Gasteiger partial charge in [0, 0.05) is 11.6 Å². The number of methoxy groups -OCH3 is 1. The van der Waals surface area contributed by atoms with Crippen molar-refractivity contribution in [1.82, 2.24) is 0 Å². The van der Waals surface area contributed by atoms with Gasteiger partial charge in [-0.1, -0.05) is 23.7 Å². The first-order valence-electron chi connectivity index (χ1n) is 5.99. The molecule has 4 heteroatoms. The van der Waals surface area contributed by atoms with Crippen LogP contribution in [0.2, 0.25) is 5.02 Å². The van der Waals surface area contributed by atoms with E-state index in [2.05, 4.69) is 0 Å². The number of ether oxygens (including phenoxy) is 2. The average Bonchev–Trinajstić information content (AvgIpc) is 2.46. The Morgan fingerprint density at radius 2 is 1.84 bits per heavy atom. The van der Waals surface area contributed by atoms with Gasteiger partial charge in [-0.3, -0.25) is 0 Å². The lowest BCUT2D eigenvalue weighted by atomic mass is 10.1.